The van der Waals surface area contributed by atoms with Gasteiger partial charge in [-0.1, -0.05) is 44.1 Å². The van der Waals surface area contributed by atoms with Crippen molar-refractivity contribution < 1.29 is 9.59 Å². The Balaban J connectivity index is 1.99. The van der Waals surface area contributed by atoms with Crippen LogP contribution in [0.4, 0.5) is 5.82 Å². The molecule has 28 heavy (non-hydrogen) atoms. The van der Waals surface area contributed by atoms with E-state index in [1.165, 1.54) is 11.8 Å². The SMILES string of the molecule is CCCNC(=O)CSc1nc(Cl)cc(N2CCN(C(=O)CC(C)C)[C@@H](C)C2)n1. The van der Waals surface area contributed by atoms with Gasteiger partial charge < -0.3 is 15.1 Å². The lowest BCUT2D eigenvalue weighted by atomic mass is 10.1. The summed E-state index contributed by atoms with van der Waals surface area (Å²) in [4.78, 5) is 37.1. The Bertz CT molecular complexity index is 688. The van der Waals surface area contributed by atoms with Crippen LogP contribution in [0.3, 0.4) is 0 Å². The third kappa shape index (κ3) is 6.81. The minimum atomic E-state index is -0.0390. The van der Waals surface area contributed by atoms with E-state index in [4.69, 9.17) is 11.6 Å². The molecule has 1 N–H and O–H groups in total. The molecule has 9 heteroatoms. The number of hydrogen-bond acceptors (Lipinski definition) is 6. The fourth-order valence-electron chi connectivity index (χ4n) is 3.06. The standard InChI is InChI=1S/C19H30ClN5O2S/c1-5-6-21-17(26)12-28-19-22-15(20)10-16(23-19)24-7-8-25(14(4)11-24)18(27)9-13(2)3/h10,13-14H,5-9,11-12H2,1-4H3,(H,21,26)/t14-/m0/s1. The third-order valence-corrected chi connectivity index (χ3v) is 5.46. The van der Waals surface area contributed by atoms with E-state index < -0.39 is 0 Å². The van der Waals surface area contributed by atoms with Gasteiger partial charge in [0.15, 0.2) is 5.16 Å². The Labute approximate surface area is 176 Å². The van der Waals surface area contributed by atoms with Crippen LogP contribution in [-0.2, 0) is 9.59 Å². The number of carbonyl (C=O) groups excluding carboxylic acids is 2. The van der Waals surface area contributed by atoms with Crippen LogP contribution in [-0.4, -0.2) is 64.7 Å². The summed E-state index contributed by atoms with van der Waals surface area (Å²) in [5, 5.41) is 3.67. The smallest absolute Gasteiger partial charge is 0.230 e. The number of anilines is 1. The first-order valence-corrected chi connectivity index (χ1v) is 11.1. The van der Waals surface area contributed by atoms with Crippen LogP contribution < -0.4 is 10.2 Å². The van der Waals surface area contributed by atoms with Crippen molar-refractivity contribution in [3.05, 3.63) is 11.2 Å². The molecule has 1 saturated heterocycles. The summed E-state index contributed by atoms with van der Waals surface area (Å²) in [6.07, 6.45) is 1.47. The van der Waals surface area contributed by atoms with E-state index in [-0.39, 0.29) is 23.6 Å². The average Bonchev–Trinajstić information content (AvgIpc) is 2.63. The van der Waals surface area contributed by atoms with Gasteiger partial charge in [0.1, 0.15) is 11.0 Å². The van der Waals surface area contributed by atoms with Crippen molar-refractivity contribution in [2.45, 2.75) is 51.7 Å². The quantitative estimate of drug-likeness (QED) is 0.390. The van der Waals surface area contributed by atoms with Crippen molar-refractivity contribution >= 4 is 41.0 Å². The summed E-state index contributed by atoms with van der Waals surface area (Å²) in [6.45, 7) is 10.9. The molecule has 1 atom stereocenters. The largest absolute Gasteiger partial charge is 0.355 e. The fraction of sp³-hybridized carbons (Fsp3) is 0.684. The summed E-state index contributed by atoms with van der Waals surface area (Å²) in [7, 11) is 0. The zero-order valence-corrected chi connectivity index (χ0v) is 18.6. The van der Waals surface area contributed by atoms with Gasteiger partial charge in [-0.05, 0) is 19.3 Å². The Morgan fingerprint density at radius 1 is 1.36 bits per heavy atom. The van der Waals surface area contributed by atoms with E-state index in [1.54, 1.807) is 6.07 Å². The highest BCUT2D eigenvalue weighted by molar-refractivity contribution is 7.99. The molecule has 0 bridgehead atoms. The van der Waals surface area contributed by atoms with E-state index >= 15 is 0 Å². The first-order chi connectivity index (χ1) is 13.3. The maximum Gasteiger partial charge on any atom is 0.230 e. The van der Waals surface area contributed by atoms with Crippen LogP contribution in [0.15, 0.2) is 11.2 Å². The van der Waals surface area contributed by atoms with Crippen molar-refractivity contribution in [1.29, 1.82) is 0 Å². The topological polar surface area (TPSA) is 78.4 Å². The number of piperazine rings is 1. The fourth-order valence-corrected chi connectivity index (χ4v) is 3.97. The van der Waals surface area contributed by atoms with Gasteiger partial charge in [0, 0.05) is 44.7 Å². The second-order valence-electron chi connectivity index (χ2n) is 7.45. The highest BCUT2D eigenvalue weighted by Crippen LogP contribution is 2.24. The summed E-state index contributed by atoms with van der Waals surface area (Å²) >= 11 is 7.46. The number of rotatable bonds is 8. The van der Waals surface area contributed by atoms with Crippen molar-refractivity contribution in [3.8, 4) is 0 Å². The van der Waals surface area contributed by atoms with Gasteiger partial charge >= 0.3 is 0 Å². The van der Waals surface area contributed by atoms with Gasteiger partial charge in [0.05, 0.1) is 5.75 Å². The van der Waals surface area contributed by atoms with Gasteiger partial charge in [0.2, 0.25) is 11.8 Å². The molecule has 0 saturated carbocycles. The minimum absolute atomic E-state index is 0.0390. The Morgan fingerprint density at radius 3 is 2.75 bits per heavy atom. The Kier molecular flexibility index (Phi) is 8.82. The molecule has 0 unspecified atom stereocenters. The maximum atomic E-state index is 12.4. The average molecular weight is 428 g/mol. The first kappa shape index (κ1) is 22.7. The number of halogens is 1. The molecule has 0 aliphatic carbocycles. The van der Waals surface area contributed by atoms with Crippen LogP contribution in [0, 0.1) is 5.92 Å². The van der Waals surface area contributed by atoms with Crippen molar-refractivity contribution in [2.75, 3.05) is 36.8 Å². The lowest BCUT2D eigenvalue weighted by Crippen LogP contribution is -2.54. The highest BCUT2D eigenvalue weighted by atomic mass is 35.5. The normalized spacial score (nSPS) is 17.1. The van der Waals surface area contributed by atoms with Crippen molar-refractivity contribution in [1.82, 2.24) is 20.2 Å². The maximum absolute atomic E-state index is 12.4. The second kappa shape index (κ2) is 10.9. The molecule has 2 heterocycles. The molecule has 156 valence electrons. The molecule has 0 aromatic carbocycles. The van der Waals surface area contributed by atoms with Gasteiger partial charge in [-0.2, -0.15) is 0 Å². The third-order valence-electron chi connectivity index (χ3n) is 4.42. The summed E-state index contributed by atoms with van der Waals surface area (Å²) in [5.41, 5.74) is 0. The molecular weight excluding hydrogens is 398 g/mol. The molecule has 2 amide bonds. The molecule has 0 spiro atoms. The van der Waals surface area contributed by atoms with Gasteiger partial charge in [-0.25, -0.2) is 9.97 Å². The number of nitrogens with zero attached hydrogens (tertiary/aromatic N) is 4. The minimum Gasteiger partial charge on any atom is -0.355 e. The predicted octanol–water partition coefficient (Wildman–Crippen LogP) is 2.83. The number of carbonyl (C=O) groups is 2. The molecule has 1 aliphatic rings. The van der Waals surface area contributed by atoms with E-state index in [0.717, 1.165) is 12.2 Å². The number of nitrogens with one attached hydrogen (secondary N) is 1. The zero-order valence-electron chi connectivity index (χ0n) is 17.1. The highest BCUT2D eigenvalue weighted by Gasteiger charge is 2.28. The van der Waals surface area contributed by atoms with Crippen LogP contribution in [0.5, 0.6) is 0 Å². The Morgan fingerprint density at radius 2 is 2.11 bits per heavy atom. The van der Waals surface area contributed by atoms with Crippen LogP contribution in [0.25, 0.3) is 0 Å². The van der Waals surface area contributed by atoms with Crippen molar-refractivity contribution in [3.63, 3.8) is 0 Å². The number of hydrogen-bond donors (Lipinski definition) is 1. The molecule has 1 aromatic rings. The lowest BCUT2D eigenvalue weighted by Gasteiger charge is -2.40. The second-order valence-corrected chi connectivity index (χ2v) is 8.78. The lowest BCUT2D eigenvalue weighted by molar-refractivity contribution is -0.134. The molecule has 1 fully saturated rings. The monoisotopic (exact) mass is 427 g/mol. The molecule has 1 aliphatic heterocycles. The van der Waals surface area contributed by atoms with E-state index in [0.29, 0.717) is 48.8 Å². The van der Waals surface area contributed by atoms with Crippen LogP contribution in [0.1, 0.15) is 40.5 Å². The summed E-state index contributed by atoms with van der Waals surface area (Å²) in [6, 6.07) is 1.84. The molecular formula is C19H30ClN5O2S. The van der Waals surface area contributed by atoms with E-state index in [9.17, 15) is 9.59 Å². The Hall–Kier alpha value is -1.54. The van der Waals surface area contributed by atoms with Crippen molar-refractivity contribution in [2.24, 2.45) is 5.92 Å². The van der Waals surface area contributed by atoms with Crippen LogP contribution in [0.2, 0.25) is 5.15 Å². The first-order valence-electron chi connectivity index (χ1n) is 9.78. The van der Waals surface area contributed by atoms with Gasteiger partial charge in [-0.3, -0.25) is 9.59 Å². The van der Waals surface area contributed by atoms with Gasteiger partial charge in [0.25, 0.3) is 0 Å². The summed E-state index contributed by atoms with van der Waals surface area (Å²) < 4.78 is 0. The van der Waals surface area contributed by atoms with E-state index in [1.807, 2.05) is 11.8 Å². The molecule has 7 nitrogen and oxygen atoms in total. The number of amides is 2. The molecule has 2 rings (SSSR count). The predicted molar refractivity (Wildman–Crippen MR) is 114 cm³/mol. The molecule has 0 radical (unpaired) electrons. The number of aromatic nitrogens is 2. The van der Waals surface area contributed by atoms with Crippen LogP contribution >= 0.6 is 23.4 Å². The van der Waals surface area contributed by atoms with E-state index in [2.05, 4.69) is 41.0 Å². The summed E-state index contributed by atoms with van der Waals surface area (Å²) in [5.74, 6) is 1.51. The zero-order chi connectivity index (χ0) is 20.7. The number of thioether (sulfide) groups is 1. The van der Waals surface area contributed by atoms with Gasteiger partial charge in [-0.15, -0.1) is 0 Å². The molecule has 1 aromatic heterocycles.